The van der Waals surface area contributed by atoms with Crippen LogP contribution < -0.4 is 4.74 Å². The average Bonchev–Trinajstić information content (AvgIpc) is 2.72. The Balaban J connectivity index is 1.60. The van der Waals surface area contributed by atoms with E-state index in [1.807, 2.05) is 31.2 Å². The van der Waals surface area contributed by atoms with Crippen LogP contribution in [0.4, 0.5) is 0 Å². The van der Waals surface area contributed by atoms with Crippen molar-refractivity contribution in [1.82, 2.24) is 0 Å². The summed E-state index contributed by atoms with van der Waals surface area (Å²) >= 11 is 0. The summed E-state index contributed by atoms with van der Waals surface area (Å²) in [6.07, 6.45) is 2.00. The summed E-state index contributed by atoms with van der Waals surface area (Å²) in [5.74, 6) is 0.686. The Hall–Kier alpha value is -3.05. The van der Waals surface area contributed by atoms with Crippen LogP contribution in [0.3, 0.4) is 0 Å². The van der Waals surface area contributed by atoms with E-state index in [9.17, 15) is 20.1 Å². The van der Waals surface area contributed by atoms with Gasteiger partial charge in [0, 0.05) is 12.8 Å². The molecule has 3 aromatic rings. The smallest absolute Gasteiger partial charge is 0.161 e. The molecule has 0 radical (unpaired) electrons. The number of carbonyl (C=O) groups excluding carboxylic acids is 1. The third-order valence-corrected chi connectivity index (χ3v) is 5.08. The zero-order chi connectivity index (χ0) is 21.5. The first kappa shape index (κ1) is 21.7. The molecule has 0 amide bonds. The van der Waals surface area contributed by atoms with Crippen LogP contribution in [-0.2, 0) is 17.8 Å². The van der Waals surface area contributed by atoms with E-state index in [-0.39, 0.29) is 30.3 Å². The Bertz CT molecular complexity index is 1010. The third-order valence-electron chi connectivity index (χ3n) is 5.08. The fourth-order valence-electron chi connectivity index (χ4n) is 3.45. The zero-order valence-electron chi connectivity index (χ0n) is 17.2. The minimum Gasteiger partial charge on any atom is -0.508 e. The summed E-state index contributed by atoms with van der Waals surface area (Å²) in [5.41, 5.74) is 1.84. The number of benzene rings is 3. The maximum absolute atomic E-state index is 12.0. The molecule has 30 heavy (non-hydrogen) atoms. The van der Waals surface area contributed by atoms with E-state index < -0.39 is 6.10 Å². The van der Waals surface area contributed by atoms with Gasteiger partial charge in [-0.2, -0.15) is 0 Å². The second-order valence-corrected chi connectivity index (χ2v) is 7.64. The summed E-state index contributed by atoms with van der Waals surface area (Å²) < 4.78 is 5.82. The van der Waals surface area contributed by atoms with E-state index in [4.69, 9.17) is 4.74 Å². The predicted molar refractivity (Wildman–Crippen MR) is 117 cm³/mol. The largest absolute Gasteiger partial charge is 0.508 e. The van der Waals surface area contributed by atoms with Crippen molar-refractivity contribution < 1.29 is 24.9 Å². The normalized spacial score (nSPS) is 12.1. The van der Waals surface area contributed by atoms with E-state index >= 15 is 0 Å². The first-order valence-electron chi connectivity index (χ1n) is 10.3. The lowest BCUT2D eigenvalue weighted by atomic mass is 10.0. The van der Waals surface area contributed by atoms with Gasteiger partial charge in [-0.25, -0.2) is 0 Å². The number of aryl methyl sites for hydroxylation is 1. The first-order chi connectivity index (χ1) is 14.4. The van der Waals surface area contributed by atoms with Crippen molar-refractivity contribution in [2.75, 3.05) is 0 Å². The molecule has 0 aliphatic heterocycles. The lowest BCUT2D eigenvalue weighted by Crippen LogP contribution is -2.13. The minimum atomic E-state index is -0.563. The molecule has 0 bridgehead atoms. The molecule has 0 spiro atoms. The lowest BCUT2D eigenvalue weighted by molar-refractivity contribution is -0.121. The molecule has 0 saturated heterocycles. The van der Waals surface area contributed by atoms with E-state index in [0.717, 1.165) is 28.3 Å². The predicted octanol–water partition coefficient (Wildman–Crippen LogP) is 4.88. The summed E-state index contributed by atoms with van der Waals surface area (Å²) in [6, 6.07) is 16.1. The SMILES string of the molecule is CCC[C@@H](O)CC(=O)CCc1ccc(O)c(OCc2ccc3cc(O)ccc3c2)c1. The fraction of sp³-hybridized carbons (Fsp3) is 0.320. The maximum atomic E-state index is 12.0. The van der Waals surface area contributed by atoms with Crippen molar-refractivity contribution in [3.63, 3.8) is 0 Å². The van der Waals surface area contributed by atoms with Crippen LogP contribution in [0.25, 0.3) is 10.8 Å². The highest BCUT2D eigenvalue weighted by Crippen LogP contribution is 2.29. The molecule has 0 fully saturated rings. The van der Waals surface area contributed by atoms with Gasteiger partial charge in [-0.3, -0.25) is 4.79 Å². The Morgan fingerprint density at radius 1 is 0.967 bits per heavy atom. The number of ether oxygens (including phenoxy) is 1. The van der Waals surface area contributed by atoms with Gasteiger partial charge in [0.1, 0.15) is 18.1 Å². The molecule has 0 saturated carbocycles. The van der Waals surface area contributed by atoms with Crippen molar-refractivity contribution in [2.24, 2.45) is 0 Å². The number of ketones is 1. The Labute approximate surface area is 176 Å². The molecule has 0 aliphatic carbocycles. The number of fused-ring (bicyclic) bond motifs is 1. The summed E-state index contributed by atoms with van der Waals surface area (Å²) in [5, 5.41) is 31.4. The Kier molecular flexibility index (Phi) is 7.31. The molecule has 0 unspecified atom stereocenters. The molecule has 0 aliphatic rings. The van der Waals surface area contributed by atoms with Crippen LogP contribution in [0, 0.1) is 0 Å². The molecule has 3 aromatic carbocycles. The van der Waals surface area contributed by atoms with Gasteiger partial charge in [0.2, 0.25) is 0 Å². The highest BCUT2D eigenvalue weighted by Gasteiger charge is 2.11. The van der Waals surface area contributed by atoms with Crippen molar-refractivity contribution in [3.8, 4) is 17.2 Å². The van der Waals surface area contributed by atoms with E-state index in [1.165, 1.54) is 0 Å². The molecule has 3 N–H and O–H groups in total. The fourth-order valence-corrected chi connectivity index (χ4v) is 3.45. The van der Waals surface area contributed by atoms with Crippen molar-refractivity contribution in [3.05, 3.63) is 65.7 Å². The number of hydrogen-bond donors (Lipinski definition) is 3. The van der Waals surface area contributed by atoms with Gasteiger partial charge < -0.3 is 20.1 Å². The number of aliphatic hydroxyl groups is 1. The number of phenols is 2. The van der Waals surface area contributed by atoms with Gasteiger partial charge in [-0.1, -0.05) is 37.6 Å². The van der Waals surface area contributed by atoms with Gasteiger partial charge in [0.05, 0.1) is 6.10 Å². The monoisotopic (exact) mass is 408 g/mol. The van der Waals surface area contributed by atoms with Crippen molar-refractivity contribution in [2.45, 2.75) is 51.7 Å². The number of Topliss-reactive ketones (excluding diaryl/α,β-unsaturated/α-hetero) is 1. The number of carbonyl (C=O) groups is 1. The summed E-state index contributed by atoms with van der Waals surface area (Å²) in [4.78, 5) is 12.0. The van der Waals surface area contributed by atoms with Crippen LogP contribution >= 0.6 is 0 Å². The number of aliphatic hydroxyl groups excluding tert-OH is 1. The molecule has 158 valence electrons. The number of rotatable bonds is 10. The van der Waals surface area contributed by atoms with E-state index in [1.54, 1.807) is 30.3 Å². The first-order valence-corrected chi connectivity index (χ1v) is 10.3. The third kappa shape index (κ3) is 5.97. The molecule has 0 heterocycles. The molecular weight excluding hydrogens is 380 g/mol. The Morgan fingerprint density at radius 3 is 2.50 bits per heavy atom. The van der Waals surface area contributed by atoms with Crippen LogP contribution in [0.15, 0.2) is 54.6 Å². The highest BCUT2D eigenvalue weighted by molar-refractivity contribution is 5.84. The van der Waals surface area contributed by atoms with Gasteiger partial charge in [0.25, 0.3) is 0 Å². The van der Waals surface area contributed by atoms with Gasteiger partial charge >= 0.3 is 0 Å². The topological polar surface area (TPSA) is 87.0 Å². The average molecular weight is 408 g/mol. The maximum Gasteiger partial charge on any atom is 0.161 e. The highest BCUT2D eigenvalue weighted by atomic mass is 16.5. The molecule has 0 aromatic heterocycles. The van der Waals surface area contributed by atoms with E-state index in [2.05, 4.69) is 0 Å². The van der Waals surface area contributed by atoms with Gasteiger partial charge in [0.15, 0.2) is 11.5 Å². The van der Waals surface area contributed by atoms with Crippen LogP contribution in [0.5, 0.6) is 17.2 Å². The molecule has 1 atom stereocenters. The lowest BCUT2D eigenvalue weighted by Gasteiger charge is -2.11. The molecular formula is C25H28O5. The second-order valence-electron chi connectivity index (χ2n) is 7.64. The van der Waals surface area contributed by atoms with Crippen molar-refractivity contribution in [1.29, 1.82) is 0 Å². The quantitative estimate of drug-likeness (QED) is 0.445. The number of aromatic hydroxyl groups is 2. The van der Waals surface area contributed by atoms with Gasteiger partial charge in [-0.15, -0.1) is 0 Å². The van der Waals surface area contributed by atoms with Crippen LogP contribution in [0.1, 0.15) is 43.7 Å². The number of phenolic OH excluding ortho intramolecular Hbond substituents is 2. The van der Waals surface area contributed by atoms with Crippen LogP contribution in [-0.4, -0.2) is 27.2 Å². The Morgan fingerprint density at radius 2 is 1.70 bits per heavy atom. The zero-order valence-corrected chi connectivity index (χ0v) is 17.2. The van der Waals surface area contributed by atoms with Crippen molar-refractivity contribution >= 4 is 16.6 Å². The van der Waals surface area contributed by atoms with Crippen LogP contribution in [0.2, 0.25) is 0 Å². The molecule has 5 nitrogen and oxygen atoms in total. The minimum absolute atomic E-state index is 0.0358. The molecule has 3 rings (SSSR count). The van der Waals surface area contributed by atoms with Gasteiger partial charge in [-0.05, 0) is 65.1 Å². The number of hydrogen-bond acceptors (Lipinski definition) is 5. The second kappa shape index (κ2) is 10.1. The summed E-state index contributed by atoms with van der Waals surface area (Å²) in [7, 11) is 0. The standard InChI is InChI=1S/C25H28O5/c1-2-3-21(26)15-23(28)9-5-17-6-11-24(29)25(13-17)30-16-18-4-7-20-14-22(27)10-8-19(20)12-18/h4,6-8,10-14,21,26-27,29H,2-3,5,9,15-16H2,1H3/t21-/m1/s1. The summed E-state index contributed by atoms with van der Waals surface area (Å²) in [6.45, 7) is 2.27. The molecule has 5 heteroatoms. The van der Waals surface area contributed by atoms with E-state index in [0.29, 0.717) is 25.0 Å².